The predicted molar refractivity (Wildman–Crippen MR) is 118 cm³/mol. The highest BCUT2D eigenvalue weighted by molar-refractivity contribution is 5.75. The van der Waals surface area contributed by atoms with E-state index in [1.54, 1.807) is 6.07 Å². The van der Waals surface area contributed by atoms with Gasteiger partial charge in [0, 0.05) is 30.9 Å². The van der Waals surface area contributed by atoms with Crippen molar-refractivity contribution >= 4 is 11.0 Å². The second-order valence-corrected chi connectivity index (χ2v) is 8.45. The minimum absolute atomic E-state index is 0.166. The van der Waals surface area contributed by atoms with Gasteiger partial charge in [-0.25, -0.2) is 9.37 Å². The van der Waals surface area contributed by atoms with Crippen LogP contribution in [0.15, 0.2) is 42.6 Å². The van der Waals surface area contributed by atoms with Crippen LogP contribution in [0.4, 0.5) is 4.39 Å². The highest BCUT2D eigenvalue weighted by atomic mass is 19.1. The lowest BCUT2D eigenvalue weighted by molar-refractivity contribution is 0.171. The molecular formula is C24H24FN5O2. The van der Waals surface area contributed by atoms with Crippen molar-refractivity contribution in [3.8, 4) is 22.8 Å². The topological polar surface area (TPSA) is 68.2 Å². The maximum absolute atomic E-state index is 13.6. The molecule has 0 spiro atoms. The van der Waals surface area contributed by atoms with Crippen molar-refractivity contribution in [1.82, 2.24) is 24.6 Å². The van der Waals surface area contributed by atoms with Gasteiger partial charge in [0.1, 0.15) is 24.9 Å². The highest BCUT2D eigenvalue weighted by Gasteiger charge is 2.30. The van der Waals surface area contributed by atoms with Crippen molar-refractivity contribution in [3.63, 3.8) is 0 Å². The van der Waals surface area contributed by atoms with E-state index in [1.165, 1.54) is 12.1 Å². The van der Waals surface area contributed by atoms with E-state index in [9.17, 15) is 4.39 Å². The summed E-state index contributed by atoms with van der Waals surface area (Å²) < 4.78 is 26.9. The highest BCUT2D eigenvalue weighted by Crippen LogP contribution is 2.37. The molecule has 8 heteroatoms. The van der Waals surface area contributed by atoms with Crippen molar-refractivity contribution in [2.24, 2.45) is 7.05 Å². The van der Waals surface area contributed by atoms with E-state index in [4.69, 9.17) is 19.6 Å². The fraction of sp³-hybridized carbons (Fsp3) is 0.333. The number of likely N-dealkylation sites (tertiary alicyclic amines) is 1. The lowest BCUT2D eigenvalue weighted by Gasteiger charge is -2.23. The molecule has 4 heterocycles. The van der Waals surface area contributed by atoms with Crippen molar-refractivity contribution in [3.05, 3.63) is 59.8 Å². The summed E-state index contributed by atoms with van der Waals surface area (Å²) in [5.74, 6) is 2.18. The van der Waals surface area contributed by atoms with Gasteiger partial charge in [0.05, 0.1) is 22.8 Å². The van der Waals surface area contributed by atoms with Gasteiger partial charge in [-0.15, -0.1) is 0 Å². The van der Waals surface area contributed by atoms with Crippen LogP contribution in [0.25, 0.3) is 22.3 Å². The summed E-state index contributed by atoms with van der Waals surface area (Å²) in [5, 5.41) is 4.74. The first-order chi connectivity index (χ1) is 15.6. The minimum atomic E-state index is -0.254. The Bertz CT molecular complexity index is 1300. The number of aromatic amines is 1. The van der Waals surface area contributed by atoms with Gasteiger partial charge >= 0.3 is 0 Å². The SMILES string of the molecule is Cn1cc(CN2CCCC2c2nc3ccc(F)cc3[nH]2)c(-c2ccc3c(c2)OCCO3)n1. The molecule has 7 nitrogen and oxygen atoms in total. The second kappa shape index (κ2) is 7.63. The van der Waals surface area contributed by atoms with Crippen LogP contribution >= 0.6 is 0 Å². The summed E-state index contributed by atoms with van der Waals surface area (Å²) in [5.41, 5.74) is 4.65. The average Bonchev–Trinajstić information content (AvgIpc) is 3.51. The Balaban J connectivity index is 1.30. The lowest BCUT2D eigenvalue weighted by Crippen LogP contribution is -2.23. The van der Waals surface area contributed by atoms with Crippen LogP contribution < -0.4 is 9.47 Å². The molecule has 2 aromatic heterocycles. The van der Waals surface area contributed by atoms with Crippen molar-refractivity contribution < 1.29 is 13.9 Å². The standard InChI is InChI=1S/C24H24FN5O2/c1-29-13-16(23(28-29)15-4-7-21-22(11-15)32-10-9-31-21)14-30-8-2-3-20(30)24-26-18-6-5-17(25)12-19(18)27-24/h4-7,11-13,20H,2-3,8-10,14H2,1H3,(H,26,27). The van der Waals surface area contributed by atoms with Gasteiger partial charge in [0.25, 0.3) is 0 Å². The number of aryl methyl sites for hydroxylation is 1. The third-order valence-electron chi connectivity index (χ3n) is 6.24. The smallest absolute Gasteiger partial charge is 0.162 e. The number of H-pyrrole nitrogens is 1. The van der Waals surface area contributed by atoms with Gasteiger partial charge < -0.3 is 14.5 Å². The number of aromatic nitrogens is 4. The Morgan fingerprint density at radius 2 is 2.00 bits per heavy atom. The van der Waals surface area contributed by atoms with Crippen molar-refractivity contribution in [1.29, 1.82) is 0 Å². The summed E-state index contributed by atoms with van der Waals surface area (Å²) in [4.78, 5) is 10.5. The van der Waals surface area contributed by atoms with Crippen molar-refractivity contribution in [2.75, 3.05) is 19.8 Å². The first kappa shape index (κ1) is 19.3. The molecule has 32 heavy (non-hydrogen) atoms. The summed E-state index contributed by atoms with van der Waals surface area (Å²) >= 11 is 0. The van der Waals surface area contributed by atoms with Crippen LogP contribution in [0, 0.1) is 5.82 Å². The van der Waals surface area contributed by atoms with E-state index in [2.05, 4.69) is 16.1 Å². The van der Waals surface area contributed by atoms with Crippen LogP contribution in [0.3, 0.4) is 0 Å². The summed E-state index contributed by atoms with van der Waals surface area (Å²) in [6.45, 7) is 2.87. The van der Waals surface area contributed by atoms with Crippen LogP contribution in [0.1, 0.15) is 30.3 Å². The molecule has 1 saturated heterocycles. The first-order valence-corrected chi connectivity index (χ1v) is 11.0. The Labute approximate surface area is 184 Å². The average molecular weight is 433 g/mol. The molecule has 0 radical (unpaired) electrons. The van der Waals surface area contributed by atoms with E-state index in [0.29, 0.717) is 13.2 Å². The number of halogens is 1. The minimum Gasteiger partial charge on any atom is -0.486 e. The zero-order valence-electron chi connectivity index (χ0n) is 17.8. The van der Waals surface area contributed by atoms with Gasteiger partial charge in [-0.1, -0.05) is 0 Å². The molecule has 2 aliphatic rings. The molecule has 6 rings (SSSR count). The zero-order valence-corrected chi connectivity index (χ0v) is 17.8. The number of fused-ring (bicyclic) bond motifs is 2. The molecule has 164 valence electrons. The molecule has 2 aromatic carbocycles. The molecule has 1 atom stereocenters. The second-order valence-electron chi connectivity index (χ2n) is 8.45. The molecular weight excluding hydrogens is 409 g/mol. The van der Waals surface area contributed by atoms with Crippen LogP contribution in [-0.2, 0) is 13.6 Å². The molecule has 4 aromatic rings. The molecule has 1 unspecified atom stereocenters. The quantitative estimate of drug-likeness (QED) is 0.522. The molecule has 2 aliphatic heterocycles. The first-order valence-electron chi connectivity index (χ1n) is 11.0. The Morgan fingerprint density at radius 1 is 1.12 bits per heavy atom. The van der Waals surface area contributed by atoms with Gasteiger partial charge in [-0.05, 0) is 55.8 Å². The van der Waals surface area contributed by atoms with E-state index < -0.39 is 0 Å². The van der Waals surface area contributed by atoms with E-state index in [0.717, 1.165) is 71.1 Å². The van der Waals surface area contributed by atoms with Crippen LogP contribution in [0.2, 0.25) is 0 Å². The van der Waals surface area contributed by atoms with E-state index in [1.807, 2.05) is 29.9 Å². The van der Waals surface area contributed by atoms with E-state index >= 15 is 0 Å². The summed E-state index contributed by atoms with van der Waals surface area (Å²) in [7, 11) is 1.94. The third kappa shape index (κ3) is 3.40. The van der Waals surface area contributed by atoms with Crippen molar-refractivity contribution in [2.45, 2.75) is 25.4 Å². The molecule has 1 fully saturated rings. The predicted octanol–water partition coefficient (Wildman–Crippen LogP) is 4.21. The third-order valence-corrected chi connectivity index (χ3v) is 6.24. The normalized spacial score (nSPS) is 18.5. The molecule has 0 aliphatic carbocycles. The maximum Gasteiger partial charge on any atom is 0.162 e. The van der Waals surface area contributed by atoms with Gasteiger partial charge in [-0.2, -0.15) is 5.10 Å². The number of ether oxygens (including phenoxy) is 2. The Kier molecular flexibility index (Phi) is 4.61. The molecule has 0 bridgehead atoms. The Hall–Kier alpha value is -3.39. The summed E-state index contributed by atoms with van der Waals surface area (Å²) in [6, 6.07) is 10.9. The monoisotopic (exact) mass is 433 g/mol. The number of nitrogens with zero attached hydrogens (tertiary/aromatic N) is 4. The largest absolute Gasteiger partial charge is 0.486 e. The number of hydrogen-bond donors (Lipinski definition) is 1. The van der Waals surface area contributed by atoms with Crippen LogP contribution in [-0.4, -0.2) is 44.4 Å². The molecule has 0 saturated carbocycles. The fourth-order valence-corrected chi connectivity index (χ4v) is 4.79. The van der Waals surface area contributed by atoms with Gasteiger partial charge in [0.15, 0.2) is 11.5 Å². The van der Waals surface area contributed by atoms with E-state index in [-0.39, 0.29) is 11.9 Å². The number of rotatable bonds is 4. The van der Waals surface area contributed by atoms with Crippen LogP contribution in [0.5, 0.6) is 11.5 Å². The summed E-state index contributed by atoms with van der Waals surface area (Å²) in [6.07, 6.45) is 4.19. The molecule has 1 N–H and O–H groups in total. The van der Waals surface area contributed by atoms with Gasteiger partial charge in [-0.3, -0.25) is 9.58 Å². The number of benzene rings is 2. The Morgan fingerprint density at radius 3 is 2.91 bits per heavy atom. The molecule has 0 amide bonds. The number of nitrogens with one attached hydrogen (secondary N) is 1. The lowest BCUT2D eigenvalue weighted by atomic mass is 10.1. The fourth-order valence-electron chi connectivity index (χ4n) is 4.79. The number of imidazole rings is 1. The number of hydrogen-bond acceptors (Lipinski definition) is 5. The van der Waals surface area contributed by atoms with Gasteiger partial charge in [0.2, 0.25) is 0 Å². The zero-order chi connectivity index (χ0) is 21.7. The maximum atomic E-state index is 13.6.